The highest BCUT2D eigenvalue weighted by Gasteiger charge is 2.25. The fraction of sp³-hybridized carbons (Fsp3) is 0.526. The third kappa shape index (κ3) is 5.33. The molecule has 0 saturated carbocycles. The first kappa shape index (κ1) is 21.3. The molecule has 1 saturated heterocycles. The molecule has 0 atom stereocenters. The lowest BCUT2D eigenvalue weighted by Crippen LogP contribution is -2.43. The Balaban J connectivity index is 1.67. The number of carbonyl (C=O) groups excluding carboxylic acids is 1. The second kappa shape index (κ2) is 8.91. The highest BCUT2D eigenvalue weighted by Crippen LogP contribution is 2.28. The molecule has 1 aromatic carbocycles. The van der Waals surface area contributed by atoms with Crippen LogP contribution in [0.25, 0.3) is 0 Å². The van der Waals surface area contributed by atoms with Crippen molar-refractivity contribution in [3.05, 3.63) is 35.0 Å². The molecular weight excluding hydrogens is 396 g/mol. The Morgan fingerprint density at radius 1 is 1.28 bits per heavy atom. The van der Waals surface area contributed by atoms with Gasteiger partial charge in [-0.15, -0.1) is 0 Å². The van der Waals surface area contributed by atoms with Crippen molar-refractivity contribution in [2.24, 2.45) is 0 Å². The second-order valence-electron chi connectivity index (χ2n) is 7.22. The van der Waals surface area contributed by atoms with E-state index < -0.39 is 15.6 Å². The van der Waals surface area contributed by atoms with Gasteiger partial charge in [-0.3, -0.25) is 4.79 Å². The second-order valence-corrected chi connectivity index (χ2v) is 9.15. The fourth-order valence-electron chi connectivity index (χ4n) is 3.56. The number of hydrogen-bond donors (Lipinski definition) is 2. The number of sulfone groups is 1. The third-order valence-electron chi connectivity index (χ3n) is 4.83. The topological polar surface area (TPSA) is 123 Å². The maximum Gasteiger partial charge on any atom is 0.242 e. The number of carbonyl (C=O) groups is 1. The van der Waals surface area contributed by atoms with Crippen molar-refractivity contribution < 1.29 is 22.5 Å². The van der Waals surface area contributed by atoms with Gasteiger partial charge in [-0.25, -0.2) is 8.42 Å². The van der Waals surface area contributed by atoms with Gasteiger partial charge in [0, 0.05) is 6.04 Å². The maximum absolute atomic E-state index is 12.9. The first-order valence-electron chi connectivity index (χ1n) is 9.48. The molecule has 29 heavy (non-hydrogen) atoms. The molecule has 2 heterocycles. The van der Waals surface area contributed by atoms with Crippen LogP contribution in [0.4, 0.5) is 0 Å². The Labute approximate surface area is 170 Å². The van der Waals surface area contributed by atoms with Gasteiger partial charge in [0.2, 0.25) is 11.8 Å². The standard InChI is InChI=1S/C19H26N4O5S/c1-12-8-15(27-3)9-13(2)19(12)29(25,26)11-18-22-16(23-28-18)10-17(24)21-14-4-6-20-7-5-14/h8-9,14,20H,4-7,10-11H2,1-3H3,(H,21,24). The molecule has 0 aliphatic carbocycles. The zero-order chi connectivity index (χ0) is 21.0. The Morgan fingerprint density at radius 2 is 1.93 bits per heavy atom. The molecule has 1 aliphatic rings. The summed E-state index contributed by atoms with van der Waals surface area (Å²) in [4.78, 5) is 16.5. The number of nitrogens with zero attached hydrogens (tertiary/aromatic N) is 2. The summed E-state index contributed by atoms with van der Waals surface area (Å²) >= 11 is 0. The molecule has 158 valence electrons. The number of ether oxygens (including phenoxy) is 1. The molecule has 0 bridgehead atoms. The van der Waals surface area contributed by atoms with E-state index in [2.05, 4.69) is 20.8 Å². The van der Waals surface area contributed by atoms with Crippen LogP contribution >= 0.6 is 0 Å². The minimum Gasteiger partial charge on any atom is -0.497 e. The molecule has 1 aromatic heterocycles. The largest absolute Gasteiger partial charge is 0.497 e. The first-order valence-corrected chi connectivity index (χ1v) is 11.1. The SMILES string of the molecule is COc1cc(C)c(S(=O)(=O)Cc2nc(CC(=O)NC3CCNCC3)no2)c(C)c1. The van der Waals surface area contributed by atoms with Crippen LogP contribution in [-0.2, 0) is 26.8 Å². The first-order chi connectivity index (χ1) is 13.8. The van der Waals surface area contributed by atoms with E-state index in [1.54, 1.807) is 26.0 Å². The van der Waals surface area contributed by atoms with Gasteiger partial charge in [0.05, 0.1) is 18.4 Å². The number of nitrogens with one attached hydrogen (secondary N) is 2. The van der Waals surface area contributed by atoms with Crippen molar-refractivity contribution in [1.29, 1.82) is 0 Å². The van der Waals surface area contributed by atoms with Crippen molar-refractivity contribution >= 4 is 15.7 Å². The molecule has 1 aliphatic heterocycles. The fourth-order valence-corrected chi connectivity index (χ4v) is 5.25. The average molecular weight is 423 g/mol. The molecule has 0 radical (unpaired) electrons. The highest BCUT2D eigenvalue weighted by molar-refractivity contribution is 7.90. The molecule has 2 aromatic rings. The van der Waals surface area contributed by atoms with Crippen LogP contribution in [0, 0.1) is 13.8 Å². The van der Waals surface area contributed by atoms with E-state index in [1.807, 2.05) is 0 Å². The van der Waals surface area contributed by atoms with Crippen LogP contribution in [0.2, 0.25) is 0 Å². The summed E-state index contributed by atoms with van der Waals surface area (Å²) in [6, 6.07) is 3.48. The number of hydrogen-bond acceptors (Lipinski definition) is 8. The van der Waals surface area contributed by atoms with Crippen LogP contribution in [0.15, 0.2) is 21.6 Å². The summed E-state index contributed by atoms with van der Waals surface area (Å²) in [6.07, 6.45) is 1.71. The van der Waals surface area contributed by atoms with Gasteiger partial charge >= 0.3 is 0 Å². The smallest absolute Gasteiger partial charge is 0.242 e. The van der Waals surface area contributed by atoms with E-state index in [4.69, 9.17) is 9.26 Å². The molecule has 9 nitrogen and oxygen atoms in total. The summed E-state index contributed by atoms with van der Waals surface area (Å²) in [5.74, 6) is 0.103. The van der Waals surface area contributed by atoms with Crippen LogP contribution in [-0.4, -0.2) is 50.7 Å². The summed E-state index contributed by atoms with van der Waals surface area (Å²) in [6.45, 7) is 5.18. The van der Waals surface area contributed by atoms with E-state index in [-0.39, 0.29) is 35.0 Å². The van der Waals surface area contributed by atoms with E-state index in [9.17, 15) is 13.2 Å². The zero-order valence-corrected chi connectivity index (χ0v) is 17.6. The van der Waals surface area contributed by atoms with Crippen molar-refractivity contribution in [2.75, 3.05) is 20.2 Å². The predicted molar refractivity (Wildman–Crippen MR) is 105 cm³/mol. The van der Waals surface area contributed by atoms with Crippen molar-refractivity contribution in [1.82, 2.24) is 20.8 Å². The predicted octanol–water partition coefficient (Wildman–Crippen LogP) is 1.08. The third-order valence-corrected chi connectivity index (χ3v) is 6.72. The number of methoxy groups -OCH3 is 1. The summed E-state index contributed by atoms with van der Waals surface area (Å²) < 4.78 is 36.0. The Bertz CT molecular complexity index is 957. The monoisotopic (exact) mass is 422 g/mol. The lowest BCUT2D eigenvalue weighted by Gasteiger charge is -2.23. The van der Waals surface area contributed by atoms with Crippen molar-refractivity contribution in [3.8, 4) is 5.75 Å². The molecule has 1 fully saturated rings. The Morgan fingerprint density at radius 3 is 2.55 bits per heavy atom. The van der Waals surface area contributed by atoms with Gasteiger partial charge in [-0.1, -0.05) is 5.16 Å². The van der Waals surface area contributed by atoms with Gasteiger partial charge < -0.3 is 19.9 Å². The molecular formula is C19H26N4O5S. The lowest BCUT2D eigenvalue weighted by atomic mass is 10.1. The van der Waals surface area contributed by atoms with Crippen molar-refractivity contribution in [3.63, 3.8) is 0 Å². The van der Waals surface area contributed by atoms with Gasteiger partial charge in [0.1, 0.15) is 11.5 Å². The van der Waals surface area contributed by atoms with E-state index in [1.165, 1.54) is 7.11 Å². The molecule has 0 unspecified atom stereocenters. The minimum absolute atomic E-state index is 0.0377. The number of benzene rings is 1. The van der Waals surface area contributed by atoms with Crippen molar-refractivity contribution in [2.45, 2.75) is 49.8 Å². The maximum atomic E-state index is 12.9. The number of aromatic nitrogens is 2. The molecule has 0 spiro atoms. The van der Waals surface area contributed by atoms with Crippen LogP contribution in [0.3, 0.4) is 0 Å². The van der Waals surface area contributed by atoms with Gasteiger partial charge in [-0.2, -0.15) is 4.98 Å². The minimum atomic E-state index is -3.70. The normalized spacial score (nSPS) is 15.3. The Hall–Kier alpha value is -2.46. The zero-order valence-electron chi connectivity index (χ0n) is 16.8. The van der Waals surface area contributed by atoms with Crippen LogP contribution in [0.1, 0.15) is 35.7 Å². The number of rotatable bonds is 7. The summed E-state index contributed by atoms with van der Waals surface area (Å²) in [5.41, 5.74) is 1.17. The van der Waals surface area contributed by atoms with E-state index >= 15 is 0 Å². The van der Waals surface area contributed by atoms with E-state index in [0.717, 1.165) is 25.9 Å². The highest BCUT2D eigenvalue weighted by atomic mass is 32.2. The van der Waals surface area contributed by atoms with Gasteiger partial charge in [-0.05, 0) is 63.0 Å². The summed E-state index contributed by atoms with van der Waals surface area (Å²) in [5, 5.41) is 9.94. The van der Waals surface area contributed by atoms with Gasteiger partial charge in [0.15, 0.2) is 15.7 Å². The average Bonchev–Trinajstić information content (AvgIpc) is 3.07. The molecule has 1 amide bonds. The lowest BCUT2D eigenvalue weighted by molar-refractivity contribution is -0.121. The Kier molecular flexibility index (Phi) is 6.53. The van der Waals surface area contributed by atoms with Crippen LogP contribution in [0.5, 0.6) is 5.75 Å². The number of amides is 1. The quantitative estimate of drug-likeness (QED) is 0.679. The van der Waals surface area contributed by atoms with Gasteiger partial charge in [0.25, 0.3) is 0 Å². The van der Waals surface area contributed by atoms with E-state index in [0.29, 0.717) is 16.9 Å². The molecule has 10 heteroatoms. The molecule has 3 rings (SSSR count). The summed E-state index contributed by atoms with van der Waals surface area (Å²) in [7, 11) is -2.17. The van der Waals surface area contributed by atoms with Crippen LogP contribution < -0.4 is 15.4 Å². The number of piperidine rings is 1. The number of aryl methyl sites for hydroxylation is 2. The molecule has 2 N–H and O–H groups in total.